The Bertz CT molecular complexity index is 1040. The van der Waals surface area contributed by atoms with Gasteiger partial charge in [-0.1, -0.05) is 23.7 Å². The van der Waals surface area contributed by atoms with Gasteiger partial charge in [-0.2, -0.15) is 0 Å². The van der Waals surface area contributed by atoms with E-state index in [1.165, 1.54) is 18.9 Å². The summed E-state index contributed by atoms with van der Waals surface area (Å²) in [7, 11) is 1.45. The highest BCUT2D eigenvalue weighted by Crippen LogP contribution is 2.32. The SMILES string of the molecule is COc1cc(/C=C2/SC(=Nc3ccc(C)c(Cl)c3)NC2=O)ccc1OCC(=O)O. The summed E-state index contributed by atoms with van der Waals surface area (Å²) in [5, 5.41) is 12.5. The van der Waals surface area contributed by atoms with Gasteiger partial charge in [0.2, 0.25) is 0 Å². The van der Waals surface area contributed by atoms with Crippen molar-refractivity contribution in [1.29, 1.82) is 0 Å². The summed E-state index contributed by atoms with van der Waals surface area (Å²) >= 11 is 7.32. The lowest BCUT2D eigenvalue weighted by atomic mass is 10.2. The van der Waals surface area contributed by atoms with E-state index in [-0.39, 0.29) is 5.91 Å². The first kappa shape index (κ1) is 20.8. The second kappa shape index (κ2) is 9.02. The average Bonchev–Trinajstić information content (AvgIpc) is 3.02. The highest BCUT2D eigenvalue weighted by atomic mass is 35.5. The third kappa shape index (κ3) is 5.30. The molecule has 29 heavy (non-hydrogen) atoms. The second-order valence-corrected chi connectivity index (χ2v) is 7.45. The minimum Gasteiger partial charge on any atom is -0.493 e. The normalized spacial score (nSPS) is 16.2. The average molecular weight is 433 g/mol. The van der Waals surface area contributed by atoms with Gasteiger partial charge in [-0.25, -0.2) is 9.79 Å². The predicted molar refractivity (Wildman–Crippen MR) is 113 cm³/mol. The molecule has 1 aliphatic rings. The number of carboxylic acids is 1. The number of ether oxygens (including phenoxy) is 2. The van der Waals surface area contributed by atoms with Crippen molar-refractivity contribution in [2.45, 2.75) is 6.92 Å². The van der Waals surface area contributed by atoms with Crippen molar-refractivity contribution in [2.75, 3.05) is 13.7 Å². The number of halogens is 1. The van der Waals surface area contributed by atoms with E-state index in [0.717, 1.165) is 5.56 Å². The molecule has 2 N–H and O–H groups in total. The number of carboxylic acid groups (broad SMARTS) is 1. The van der Waals surface area contributed by atoms with E-state index in [1.807, 2.05) is 19.1 Å². The number of hydrogen-bond donors (Lipinski definition) is 2. The van der Waals surface area contributed by atoms with Crippen LogP contribution in [0.3, 0.4) is 0 Å². The summed E-state index contributed by atoms with van der Waals surface area (Å²) in [4.78, 5) is 27.8. The first-order valence-corrected chi connectivity index (χ1v) is 9.63. The Morgan fingerprint density at radius 1 is 1.28 bits per heavy atom. The fourth-order valence-corrected chi connectivity index (χ4v) is 3.45. The number of hydrogen-bond acceptors (Lipinski definition) is 6. The minimum absolute atomic E-state index is 0.267. The van der Waals surface area contributed by atoms with Crippen molar-refractivity contribution in [3.63, 3.8) is 0 Å². The van der Waals surface area contributed by atoms with E-state index in [2.05, 4.69) is 10.3 Å². The Hall–Kier alpha value is -2.97. The Labute approximate surface area is 176 Å². The number of aliphatic carboxylic acids is 1. The molecule has 3 rings (SSSR count). The Morgan fingerprint density at radius 2 is 2.07 bits per heavy atom. The molecule has 1 saturated heterocycles. The molecule has 2 aromatic carbocycles. The number of carbonyl (C=O) groups excluding carboxylic acids is 1. The quantitative estimate of drug-likeness (QED) is 0.669. The van der Waals surface area contributed by atoms with Gasteiger partial charge in [0.05, 0.1) is 17.7 Å². The number of nitrogens with one attached hydrogen (secondary N) is 1. The number of benzene rings is 2. The smallest absolute Gasteiger partial charge is 0.341 e. The van der Waals surface area contributed by atoms with Crippen LogP contribution >= 0.6 is 23.4 Å². The lowest BCUT2D eigenvalue weighted by Gasteiger charge is -2.09. The van der Waals surface area contributed by atoms with E-state index >= 15 is 0 Å². The standard InChI is InChI=1S/C20H17ClN2O5S/c1-11-3-5-13(9-14(11)21)22-20-23-19(26)17(29-20)8-12-4-6-15(16(7-12)27-2)28-10-18(24)25/h3-9H,10H2,1-2H3,(H,24,25)(H,22,23,26)/b17-8+. The first-order chi connectivity index (χ1) is 13.9. The molecule has 0 aromatic heterocycles. The Kier molecular flexibility index (Phi) is 6.46. The second-order valence-electron chi connectivity index (χ2n) is 6.01. The van der Waals surface area contributed by atoms with Crippen molar-refractivity contribution < 1.29 is 24.2 Å². The van der Waals surface area contributed by atoms with Crippen LogP contribution in [-0.2, 0) is 9.59 Å². The maximum Gasteiger partial charge on any atom is 0.341 e. The van der Waals surface area contributed by atoms with Gasteiger partial charge in [0.15, 0.2) is 23.3 Å². The molecular formula is C20H17ClN2O5S. The number of rotatable bonds is 6. The third-order valence-electron chi connectivity index (χ3n) is 3.87. The van der Waals surface area contributed by atoms with E-state index in [1.54, 1.807) is 30.3 Å². The largest absolute Gasteiger partial charge is 0.493 e. The van der Waals surface area contributed by atoms with Crippen LogP contribution in [0.1, 0.15) is 11.1 Å². The summed E-state index contributed by atoms with van der Waals surface area (Å²) in [6.45, 7) is 1.43. The summed E-state index contributed by atoms with van der Waals surface area (Å²) in [5.74, 6) is -0.678. The molecule has 0 bridgehead atoms. The highest BCUT2D eigenvalue weighted by molar-refractivity contribution is 8.18. The minimum atomic E-state index is -1.08. The summed E-state index contributed by atoms with van der Waals surface area (Å²) in [6.07, 6.45) is 1.69. The predicted octanol–water partition coefficient (Wildman–Crippen LogP) is 4.01. The zero-order valence-electron chi connectivity index (χ0n) is 15.6. The molecule has 7 nitrogen and oxygen atoms in total. The van der Waals surface area contributed by atoms with Crippen LogP contribution in [-0.4, -0.2) is 35.9 Å². The number of methoxy groups -OCH3 is 1. The zero-order valence-corrected chi connectivity index (χ0v) is 17.1. The van der Waals surface area contributed by atoms with Gasteiger partial charge in [-0.3, -0.25) is 4.79 Å². The molecule has 1 heterocycles. The van der Waals surface area contributed by atoms with Crippen LogP contribution < -0.4 is 14.8 Å². The number of amidine groups is 1. The van der Waals surface area contributed by atoms with Crippen molar-refractivity contribution in [2.24, 2.45) is 4.99 Å². The fourth-order valence-electron chi connectivity index (χ4n) is 2.43. The Balaban J connectivity index is 1.79. The monoisotopic (exact) mass is 432 g/mol. The third-order valence-corrected chi connectivity index (χ3v) is 5.19. The molecule has 1 fully saturated rings. The Morgan fingerprint density at radius 3 is 2.76 bits per heavy atom. The number of aliphatic imine (C=N–C) groups is 1. The summed E-state index contributed by atoms with van der Waals surface area (Å²) in [6, 6.07) is 10.4. The van der Waals surface area contributed by atoms with Crippen LogP contribution in [0, 0.1) is 6.92 Å². The van der Waals surface area contributed by atoms with E-state index in [9.17, 15) is 9.59 Å². The molecule has 1 amide bonds. The van der Waals surface area contributed by atoms with E-state index in [4.69, 9.17) is 26.2 Å². The van der Waals surface area contributed by atoms with Gasteiger partial charge in [-0.15, -0.1) is 0 Å². The van der Waals surface area contributed by atoms with Gasteiger partial charge in [0.1, 0.15) is 0 Å². The molecule has 0 atom stereocenters. The topological polar surface area (TPSA) is 97.2 Å². The molecule has 0 radical (unpaired) electrons. The lowest BCUT2D eigenvalue weighted by Crippen LogP contribution is -2.19. The van der Waals surface area contributed by atoms with E-state index < -0.39 is 12.6 Å². The molecule has 2 aromatic rings. The molecule has 0 unspecified atom stereocenters. The number of carbonyl (C=O) groups is 2. The van der Waals surface area contributed by atoms with Crippen LogP contribution in [0.2, 0.25) is 5.02 Å². The van der Waals surface area contributed by atoms with Crippen LogP contribution in [0.4, 0.5) is 5.69 Å². The van der Waals surface area contributed by atoms with Crippen LogP contribution in [0.15, 0.2) is 46.3 Å². The maximum atomic E-state index is 12.3. The fraction of sp³-hybridized carbons (Fsp3) is 0.150. The molecule has 150 valence electrons. The molecular weight excluding hydrogens is 416 g/mol. The van der Waals surface area contributed by atoms with Gasteiger partial charge in [0, 0.05) is 5.02 Å². The van der Waals surface area contributed by atoms with Crippen LogP contribution in [0.5, 0.6) is 11.5 Å². The molecule has 0 spiro atoms. The molecule has 0 aliphatic carbocycles. The zero-order chi connectivity index (χ0) is 21.0. The number of thioether (sulfide) groups is 1. The molecule has 1 aliphatic heterocycles. The van der Waals surface area contributed by atoms with Crippen molar-refractivity contribution in [3.8, 4) is 11.5 Å². The van der Waals surface area contributed by atoms with E-state index in [0.29, 0.717) is 37.8 Å². The molecule has 9 heteroatoms. The van der Waals surface area contributed by atoms with Gasteiger partial charge in [-0.05, 0) is 60.2 Å². The first-order valence-electron chi connectivity index (χ1n) is 8.44. The number of amides is 1. The van der Waals surface area contributed by atoms with Gasteiger partial charge >= 0.3 is 5.97 Å². The summed E-state index contributed by atoms with van der Waals surface area (Å²) < 4.78 is 10.4. The van der Waals surface area contributed by atoms with Crippen LogP contribution in [0.25, 0.3) is 6.08 Å². The van der Waals surface area contributed by atoms with Crippen molar-refractivity contribution in [1.82, 2.24) is 5.32 Å². The van der Waals surface area contributed by atoms with Crippen molar-refractivity contribution in [3.05, 3.63) is 57.5 Å². The molecule has 0 saturated carbocycles. The van der Waals surface area contributed by atoms with Gasteiger partial charge in [0.25, 0.3) is 5.91 Å². The maximum absolute atomic E-state index is 12.3. The highest BCUT2D eigenvalue weighted by Gasteiger charge is 2.24. The van der Waals surface area contributed by atoms with Gasteiger partial charge < -0.3 is 19.9 Å². The number of aryl methyl sites for hydroxylation is 1. The number of nitrogens with zero attached hydrogens (tertiary/aromatic N) is 1. The van der Waals surface area contributed by atoms with Crippen molar-refractivity contribution >= 4 is 52.2 Å². The summed E-state index contributed by atoms with van der Waals surface area (Å²) in [5.41, 5.74) is 2.29. The lowest BCUT2D eigenvalue weighted by molar-refractivity contribution is -0.139.